The van der Waals surface area contributed by atoms with Gasteiger partial charge in [-0.3, -0.25) is 19.4 Å². The average Bonchev–Trinajstić information content (AvgIpc) is 3.23. The fourth-order valence-corrected chi connectivity index (χ4v) is 3.71. The van der Waals surface area contributed by atoms with Gasteiger partial charge in [0, 0.05) is 13.1 Å². The molecule has 1 heterocycles. The number of carbonyl (C=O) groups excluding carboxylic acids is 3. The first-order chi connectivity index (χ1) is 15.8. The normalized spacial score (nSPS) is 19.1. The van der Waals surface area contributed by atoms with Crippen molar-refractivity contribution in [2.24, 2.45) is 28.1 Å². The highest BCUT2D eigenvalue weighted by Crippen LogP contribution is 2.20. The van der Waals surface area contributed by atoms with Crippen LogP contribution < -0.4 is 27.8 Å². The molecule has 1 aliphatic rings. The lowest BCUT2D eigenvalue weighted by Crippen LogP contribution is -2.57. The SMILES string of the molecule is CC(C)CC(NC(=O)C1CCCN1C(=O)C(CCCN=C(N)N)NC(=O)C(N)C(C)O)C(=O)O. The van der Waals surface area contributed by atoms with Crippen molar-refractivity contribution >= 4 is 29.7 Å². The number of aliphatic carboxylic acids is 1. The molecule has 0 aromatic rings. The summed E-state index contributed by atoms with van der Waals surface area (Å²) in [7, 11) is 0. The van der Waals surface area contributed by atoms with Crippen molar-refractivity contribution in [2.75, 3.05) is 13.1 Å². The third-order valence-electron chi connectivity index (χ3n) is 5.54. The number of carbonyl (C=O) groups is 4. The van der Waals surface area contributed by atoms with Crippen LogP contribution in [-0.4, -0.2) is 88.1 Å². The van der Waals surface area contributed by atoms with Crippen molar-refractivity contribution in [2.45, 2.75) is 83.1 Å². The molecule has 0 spiro atoms. The van der Waals surface area contributed by atoms with Gasteiger partial charge in [-0.15, -0.1) is 0 Å². The molecular weight excluding hydrogens is 446 g/mol. The van der Waals surface area contributed by atoms with Crippen LogP contribution in [-0.2, 0) is 19.2 Å². The molecule has 3 amide bonds. The Morgan fingerprint density at radius 2 is 1.76 bits per heavy atom. The topological polar surface area (TPSA) is 226 Å². The quantitative estimate of drug-likeness (QED) is 0.0854. The largest absolute Gasteiger partial charge is 0.480 e. The highest BCUT2D eigenvalue weighted by atomic mass is 16.4. The Balaban J connectivity index is 2.99. The van der Waals surface area contributed by atoms with Gasteiger partial charge in [0.05, 0.1) is 6.10 Å². The minimum atomic E-state index is -1.24. The summed E-state index contributed by atoms with van der Waals surface area (Å²) in [5.74, 6) is -2.96. The van der Waals surface area contributed by atoms with E-state index in [1.165, 1.54) is 11.8 Å². The molecule has 0 aromatic carbocycles. The molecule has 13 heteroatoms. The zero-order valence-corrected chi connectivity index (χ0v) is 20.1. The van der Waals surface area contributed by atoms with Gasteiger partial charge >= 0.3 is 5.97 Å². The molecule has 10 N–H and O–H groups in total. The molecule has 34 heavy (non-hydrogen) atoms. The number of nitrogens with one attached hydrogen (secondary N) is 2. The van der Waals surface area contributed by atoms with E-state index in [0.717, 1.165) is 0 Å². The molecular formula is C21H39N7O6. The van der Waals surface area contributed by atoms with Crippen LogP contribution in [0.2, 0.25) is 0 Å². The van der Waals surface area contributed by atoms with Crippen LogP contribution in [0.5, 0.6) is 0 Å². The zero-order chi connectivity index (χ0) is 26.0. The highest BCUT2D eigenvalue weighted by Gasteiger charge is 2.39. The molecule has 13 nitrogen and oxygen atoms in total. The third-order valence-corrected chi connectivity index (χ3v) is 5.54. The maximum Gasteiger partial charge on any atom is 0.326 e. The number of hydrogen-bond donors (Lipinski definition) is 7. The molecule has 0 saturated carbocycles. The van der Waals surface area contributed by atoms with Crippen LogP contribution >= 0.6 is 0 Å². The average molecular weight is 486 g/mol. The fraction of sp³-hybridized carbons (Fsp3) is 0.762. The van der Waals surface area contributed by atoms with Gasteiger partial charge in [-0.05, 0) is 44.9 Å². The van der Waals surface area contributed by atoms with E-state index < -0.39 is 54.0 Å². The number of aliphatic imine (C=N–C) groups is 1. The van der Waals surface area contributed by atoms with Crippen molar-refractivity contribution in [3.63, 3.8) is 0 Å². The number of carboxylic acid groups (broad SMARTS) is 1. The Hall–Kier alpha value is -2.93. The predicted molar refractivity (Wildman–Crippen MR) is 125 cm³/mol. The van der Waals surface area contributed by atoms with E-state index in [4.69, 9.17) is 17.2 Å². The van der Waals surface area contributed by atoms with Crippen LogP contribution in [0.4, 0.5) is 0 Å². The Morgan fingerprint density at radius 3 is 2.29 bits per heavy atom. The number of nitrogens with two attached hydrogens (primary N) is 3. The Bertz CT molecular complexity index is 754. The second kappa shape index (κ2) is 13.7. The molecule has 5 unspecified atom stereocenters. The van der Waals surface area contributed by atoms with Gasteiger partial charge in [0.2, 0.25) is 17.7 Å². The molecule has 0 aromatic heterocycles. The molecule has 1 rings (SSSR count). The van der Waals surface area contributed by atoms with E-state index in [1.807, 2.05) is 13.8 Å². The number of nitrogens with zero attached hydrogens (tertiary/aromatic N) is 2. The standard InChI is InChI=1S/C21H39N7O6/c1-11(2)10-14(20(33)34)27-17(30)15-7-5-9-28(15)19(32)13(6-4-8-25-21(23)24)26-18(31)16(22)12(3)29/h11-16,29H,4-10,22H2,1-3H3,(H,26,31)(H,27,30)(H,33,34)(H4,23,24,25). The number of carboxylic acids is 1. The molecule has 1 saturated heterocycles. The minimum Gasteiger partial charge on any atom is -0.480 e. The van der Waals surface area contributed by atoms with Crippen LogP contribution in [0.3, 0.4) is 0 Å². The first-order valence-electron chi connectivity index (χ1n) is 11.5. The second-order valence-electron chi connectivity index (χ2n) is 8.99. The van der Waals surface area contributed by atoms with E-state index >= 15 is 0 Å². The van der Waals surface area contributed by atoms with Gasteiger partial charge in [0.1, 0.15) is 24.2 Å². The van der Waals surface area contributed by atoms with Crippen molar-refractivity contribution < 1.29 is 29.4 Å². The van der Waals surface area contributed by atoms with Gasteiger partial charge in [0.15, 0.2) is 5.96 Å². The smallest absolute Gasteiger partial charge is 0.326 e. The van der Waals surface area contributed by atoms with Gasteiger partial charge in [-0.1, -0.05) is 13.8 Å². The summed E-state index contributed by atoms with van der Waals surface area (Å²) in [5.41, 5.74) is 16.3. The molecule has 5 atom stereocenters. The summed E-state index contributed by atoms with van der Waals surface area (Å²) >= 11 is 0. The van der Waals surface area contributed by atoms with Crippen molar-refractivity contribution in [3.05, 3.63) is 0 Å². The summed E-state index contributed by atoms with van der Waals surface area (Å²) < 4.78 is 0. The van der Waals surface area contributed by atoms with Crippen LogP contribution in [0.1, 0.15) is 52.9 Å². The summed E-state index contributed by atoms with van der Waals surface area (Å²) in [6.07, 6.45) is 0.572. The van der Waals surface area contributed by atoms with Crippen LogP contribution in [0, 0.1) is 5.92 Å². The second-order valence-corrected chi connectivity index (χ2v) is 8.99. The summed E-state index contributed by atoms with van der Waals surface area (Å²) in [6, 6.07) is -4.18. The van der Waals surface area contributed by atoms with Gasteiger partial charge in [0.25, 0.3) is 0 Å². The Kier molecular flexibility index (Phi) is 11.7. The molecule has 194 valence electrons. The number of aliphatic hydroxyl groups excluding tert-OH is 1. The maximum atomic E-state index is 13.3. The molecule has 0 radical (unpaired) electrons. The highest BCUT2D eigenvalue weighted by molar-refractivity contribution is 5.94. The van der Waals surface area contributed by atoms with E-state index in [9.17, 15) is 29.4 Å². The van der Waals surface area contributed by atoms with E-state index in [1.54, 1.807) is 0 Å². The van der Waals surface area contributed by atoms with Crippen molar-refractivity contribution in [3.8, 4) is 0 Å². The lowest BCUT2D eigenvalue weighted by molar-refractivity contribution is -0.145. The number of rotatable bonds is 13. The van der Waals surface area contributed by atoms with Crippen molar-refractivity contribution in [1.82, 2.24) is 15.5 Å². The molecule has 1 aliphatic heterocycles. The maximum absolute atomic E-state index is 13.3. The Morgan fingerprint density at radius 1 is 1.12 bits per heavy atom. The number of aliphatic hydroxyl groups is 1. The first kappa shape index (κ1) is 29.1. The van der Waals surface area contributed by atoms with Crippen LogP contribution in [0.15, 0.2) is 4.99 Å². The van der Waals surface area contributed by atoms with Gasteiger partial charge in [-0.25, -0.2) is 4.79 Å². The van der Waals surface area contributed by atoms with Crippen molar-refractivity contribution in [1.29, 1.82) is 0 Å². The number of likely N-dealkylation sites (tertiary alicyclic amines) is 1. The molecule has 0 bridgehead atoms. The number of amides is 3. The predicted octanol–water partition coefficient (Wildman–Crippen LogP) is -2.16. The monoisotopic (exact) mass is 485 g/mol. The van der Waals surface area contributed by atoms with Crippen LogP contribution in [0.25, 0.3) is 0 Å². The summed E-state index contributed by atoms with van der Waals surface area (Å²) in [5, 5.41) is 24.1. The lowest BCUT2D eigenvalue weighted by Gasteiger charge is -2.30. The van der Waals surface area contributed by atoms with Gasteiger partial charge < -0.3 is 42.9 Å². The molecule has 1 fully saturated rings. The van der Waals surface area contributed by atoms with Gasteiger partial charge in [-0.2, -0.15) is 0 Å². The van der Waals surface area contributed by atoms with E-state index in [0.29, 0.717) is 19.3 Å². The van der Waals surface area contributed by atoms with E-state index in [-0.39, 0.29) is 37.8 Å². The first-order valence-corrected chi connectivity index (χ1v) is 11.5. The zero-order valence-electron chi connectivity index (χ0n) is 20.1. The Labute approximate surface area is 199 Å². The summed E-state index contributed by atoms with van der Waals surface area (Å²) in [4.78, 5) is 55.4. The molecule has 0 aliphatic carbocycles. The minimum absolute atomic E-state index is 0.0469. The third kappa shape index (κ3) is 9.14. The number of hydrogen-bond acceptors (Lipinski definition) is 7. The fourth-order valence-electron chi connectivity index (χ4n) is 3.71. The summed E-state index contributed by atoms with van der Waals surface area (Å²) in [6.45, 7) is 5.56. The lowest BCUT2D eigenvalue weighted by atomic mass is 10.0. The van der Waals surface area contributed by atoms with E-state index in [2.05, 4.69) is 15.6 Å². The number of guanidine groups is 1.